The summed E-state index contributed by atoms with van der Waals surface area (Å²) in [7, 11) is -3.38. The molecule has 7 heteroatoms. The molecule has 2 rings (SSSR count). The highest BCUT2D eigenvalue weighted by molar-refractivity contribution is 7.92. The van der Waals surface area contributed by atoms with Crippen LogP contribution in [0.3, 0.4) is 0 Å². The van der Waals surface area contributed by atoms with Gasteiger partial charge in [-0.25, -0.2) is 13.2 Å². The zero-order valence-corrected chi connectivity index (χ0v) is 12.2. The molecular formula is C12H17NO5S. The number of hydrogen-bond acceptors (Lipinski definition) is 5. The Bertz CT molecular complexity index is 582. The van der Waals surface area contributed by atoms with E-state index in [1.165, 1.54) is 0 Å². The molecule has 2 heterocycles. The van der Waals surface area contributed by atoms with Crippen molar-refractivity contribution in [3.05, 3.63) is 11.3 Å². The SMILES string of the molecule is CC1=C(C(=O)OC(C)(C)C)N2C(=O)C[C@H]2S(=O)(=O)C1. The number of fused-ring (bicyclic) bond motifs is 1. The van der Waals surface area contributed by atoms with Gasteiger partial charge in [0.05, 0.1) is 12.2 Å². The third-order valence-corrected chi connectivity index (χ3v) is 5.02. The van der Waals surface area contributed by atoms with E-state index in [-0.39, 0.29) is 23.8 Å². The zero-order chi connectivity index (χ0) is 14.6. The van der Waals surface area contributed by atoms with E-state index in [1.54, 1.807) is 27.7 Å². The van der Waals surface area contributed by atoms with E-state index in [4.69, 9.17) is 4.74 Å². The zero-order valence-electron chi connectivity index (χ0n) is 11.4. The first-order valence-corrected chi connectivity index (χ1v) is 7.71. The maximum Gasteiger partial charge on any atom is 0.355 e. The summed E-state index contributed by atoms with van der Waals surface area (Å²) in [5.74, 6) is -1.19. The van der Waals surface area contributed by atoms with Gasteiger partial charge in [-0.1, -0.05) is 0 Å². The molecule has 0 spiro atoms. The van der Waals surface area contributed by atoms with Crippen LogP contribution in [-0.4, -0.2) is 41.9 Å². The van der Waals surface area contributed by atoms with Gasteiger partial charge in [-0.3, -0.25) is 9.69 Å². The number of esters is 1. The van der Waals surface area contributed by atoms with Crippen molar-refractivity contribution in [1.82, 2.24) is 4.90 Å². The average molecular weight is 287 g/mol. The third kappa shape index (κ3) is 2.39. The highest BCUT2D eigenvalue weighted by atomic mass is 32.2. The predicted octanol–water partition coefficient (Wildman–Crippen LogP) is 0.589. The molecule has 1 fully saturated rings. The van der Waals surface area contributed by atoms with Crippen molar-refractivity contribution in [2.45, 2.75) is 45.1 Å². The molecule has 0 saturated carbocycles. The van der Waals surface area contributed by atoms with Gasteiger partial charge in [-0.05, 0) is 33.3 Å². The monoisotopic (exact) mass is 287 g/mol. The number of carbonyl (C=O) groups excluding carboxylic acids is 2. The Balaban J connectivity index is 2.38. The molecule has 0 aromatic carbocycles. The van der Waals surface area contributed by atoms with Crippen LogP contribution >= 0.6 is 0 Å². The van der Waals surface area contributed by atoms with Crippen LogP contribution in [0.25, 0.3) is 0 Å². The van der Waals surface area contributed by atoms with E-state index < -0.39 is 26.8 Å². The molecule has 1 saturated heterocycles. The number of amides is 1. The van der Waals surface area contributed by atoms with Crippen molar-refractivity contribution < 1.29 is 22.7 Å². The van der Waals surface area contributed by atoms with Crippen molar-refractivity contribution >= 4 is 21.7 Å². The first-order chi connectivity index (χ1) is 8.53. The summed E-state index contributed by atoms with van der Waals surface area (Å²) < 4.78 is 29.0. The Morgan fingerprint density at radius 1 is 1.37 bits per heavy atom. The second-order valence-corrected chi connectivity index (χ2v) is 8.02. The van der Waals surface area contributed by atoms with Crippen LogP contribution in [0.15, 0.2) is 11.3 Å². The van der Waals surface area contributed by atoms with Crippen LogP contribution < -0.4 is 0 Å². The number of ether oxygens (including phenoxy) is 1. The molecule has 0 aromatic rings. The number of nitrogens with zero attached hydrogens (tertiary/aromatic N) is 1. The van der Waals surface area contributed by atoms with Gasteiger partial charge in [0.25, 0.3) is 0 Å². The summed E-state index contributed by atoms with van der Waals surface area (Å²) in [6.45, 7) is 6.69. The van der Waals surface area contributed by atoms with Crippen LogP contribution in [-0.2, 0) is 24.2 Å². The molecule has 1 atom stereocenters. The summed E-state index contributed by atoms with van der Waals surface area (Å²) >= 11 is 0. The summed E-state index contributed by atoms with van der Waals surface area (Å²) in [6.07, 6.45) is -0.0537. The fourth-order valence-corrected chi connectivity index (χ4v) is 4.09. The van der Waals surface area contributed by atoms with Crippen LogP contribution in [0.2, 0.25) is 0 Å². The quantitative estimate of drug-likeness (QED) is 0.521. The largest absolute Gasteiger partial charge is 0.455 e. The van der Waals surface area contributed by atoms with Gasteiger partial charge in [0, 0.05) is 0 Å². The molecule has 2 aliphatic heterocycles. The van der Waals surface area contributed by atoms with Crippen molar-refractivity contribution in [2.75, 3.05) is 5.75 Å². The molecule has 0 aliphatic carbocycles. The number of β-lactam (4-membered cyclic amide) rings is 1. The smallest absolute Gasteiger partial charge is 0.355 e. The Labute approximate surface area is 112 Å². The lowest BCUT2D eigenvalue weighted by Crippen LogP contribution is -2.60. The summed E-state index contributed by atoms with van der Waals surface area (Å²) in [4.78, 5) is 24.8. The molecule has 0 unspecified atom stereocenters. The lowest BCUT2D eigenvalue weighted by Gasteiger charge is -2.44. The minimum absolute atomic E-state index is 0.0537. The van der Waals surface area contributed by atoms with Crippen LogP contribution in [0.5, 0.6) is 0 Å². The normalized spacial score (nSPS) is 25.8. The van der Waals surface area contributed by atoms with E-state index >= 15 is 0 Å². The molecule has 0 aromatic heterocycles. The molecule has 0 N–H and O–H groups in total. The Morgan fingerprint density at radius 2 is 1.95 bits per heavy atom. The number of sulfone groups is 1. The van der Waals surface area contributed by atoms with E-state index in [1.807, 2.05) is 0 Å². The summed E-state index contributed by atoms with van der Waals surface area (Å²) in [5.41, 5.74) is -0.242. The Morgan fingerprint density at radius 3 is 2.42 bits per heavy atom. The molecule has 0 bridgehead atoms. The summed E-state index contributed by atoms with van der Waals surface area (Å²) in [6, 6.07) is 0. The number of carbonyl (C=O) groups is 2. The highest BCUT2D eigenvalue weighted by Crippen LogP contribution is 2.36. The predicted molar refractivity (Wildman–Crippen MR) is 67.6 cm³/mol. The van der Waals surface area contributed by atoms with Gasteiger partial charge in [0.1, 0.15) is 16.7 Å². The van der Waals surface area contributed by atoms with Crippen molar-refractivity contribution in [3.8, 4) is 0 Å². The Hall–Kier alpha value is -1.37. The fourth-order valence-electron chi connectivity index (χ4n) is 2.21. The standard InChI is InChI=1S/C12H17NO5S/c1-7-6-19(16,17)9-5-8(14)13(9)10(7)11(15)18-12(2,3)4/h9H,5-6H2,1-4H3/t9-/m1/s1. The first-order valence-electron chi connectivity index (χ1n) is 5.99. The van der Waals surface area contributed by atoms with Gasteiger partial charge in [0.15, 0.2) is 9.84 Å². The highest BCUT2D eigenvalue weighted by Gasteiger charge is 2.52. The van der Waals surface area contributed by atoms with Gasteiger partial charge in [0.2, 0.25) is 5.91 Å². The lowest BCUT2D eigenvalue weighted by molar-refractivity contribution is -0.157. The molecule has 2 aliphatic rings. The molecule has 0 radical (unpaired) electrons. The van der Waals surface area contributed by atoms with E-state index in [0.717, 1.165) is 4.90 Å². The van der Waals surface area contributed by atoms with Gasteiger partial charge in [-0.15, -0.1) is 0 Å². The number of hydrogen-bond donors (Lipinski definition) is 0. The molecular weight excluding hydrogens is 270 g/mol. The van der Waals surface area contributed by atoms with Crippen molar-refractivity contribution in [3.63, 3.8) is 0 Å². The van der Waals surface area contributed by atoms with E-state index in [9.17, 15) is 18.0 Å². The average Bonchev–Trinajstić information content (AvgIpc) is 2.16. The van der Waals surface area contributed by atoms with Gasteiger partial charge >= 0.3 is 5.97 Å². The van der Waals surface area contributed by atoms with Crippen LogP contribution in [0, 0.1) is 0 Å². The van der Waals surface area contributed by atoms with Crippen LogP contribution in [0.1, 0.15) is 34.1 Å². The maximum absolute atomic E-state index is 12.1. The minimum Gasteiger partial charge on any atom is -0.455 e. The molecule has 1 amide bonds. The molecule has 106 valence electrons. The van der Waals surface area contributed by atoms with Gasteiger partial charge < -0.3 is 4.74 Å². The van der Waals surface area contributed by atoms with Crippen molar-refractivity contribution in [2.24, 2.45) is 0 Å². The van der Waals surface area contributed by atoms with Gasteiger partial charge in [-0.2, -0.15) is 0 Å². The summed E-state index contributed by atoms with van der Waals surface area (Å²) in [5, 5.41) is -0.897. The Kier molecular flexibility index (Phi) is 3.00. The molecule has 19 heavy (non-hydrogen) atoms. The van der Waals surface area contributed by atoms with Crippen LogP contribution in [0.4, 0.5) is 0 Å². The first kappa shape index (κ1) is 14.0. The number of rotatable bonds is 1. The lowest BCUT2D eigenvalue weighted by atomic mass is 10.1. The molecule has 6 nitrogen and oxygen atoms in total. The second-order valence-electron chi connectivity index (χ2n) is 5.86. The van der Waals surface area contributed by atoms with Crippen molar-refractivity contribution in [1.29, 1.82) is 0 Å². The fraction of sp³-hybridized carbons (Fsp3) is 0.667. The topological polar surface area (TPSA) is 80.8 Å². The maximum atomic E-state index is 12.1. The van der Waals surface area contributed by atoms with E-state index in [0.29, 0.717) is 5.57 Å². The second kappa shape index (κ2) is 4.06. The third-order valence-electron chi connectivity index (χ3n) is 2.98. The minimum atomic E-state index is -3.38. The van der Waals surface area contributed by atoms with E-state index in [2.05, 4.69) is 0 Å².